The quantitative estimate of drug-likeness (QED) is 0.745. The molecule has 1 aromatic heterocycles. The van der Waals surface area contributed by atoms with E-state index in [0.29, 0.717) is 6.04 Å². The molecular formula is C20H25N3. The first-order valence-corrected chi connectivity index (χ1v) is 8.57. The highest BCUT2D eigenvalue weighted by Crippen LogP contribution is 2.21. The lowest BCUT2D eigenvalue weighted by Gasteiger charge is -2.18. The van der Waals surface area contributed by atoms with Gasteiger partial charge < -0.3 is 4.98 Å². The molecule has 1 aliphatic carbocycles. The van der Waals surface area contributed by atoms with Crippen LogP contribution < -0.4 is 0 Å². The molecular weight excluding hydrogens is 282 g/mol. The van der Waals surface area contributed by atoms with Gasteiger partial charge in [-0.1, -0.05) is 37.5 Å². The van der Waals surface area contributed by atoms with E-state index in [4.69, 9.17) is 4.99 Å². The van der Waals surface area contributed by atoms with E-state index in [1.165, 1.54) is 32.1 Å². The maximum absolute atomic E-state index is 4.91. The van der Waals surface area contributed by atoms with E-state index in [1.54, 1.807) is 0 Å². The third-order valence-corrected chi connectivity index (χ3v) is 4.47. The van der Waals surface area contributed by atoms with E-state index in [9.17, 15) is 0 Å². The molecule has 1 aliphatic rings. The topological polar surface area (TPSA) is 40.5 Å². The summed E-state index contributed by atoms with van der Waals surface area (Å²) < 4.78 is 0. The molecule has 0 radical (unpaired) electrons. The Kier molecular flexibility index (Phi) is 5.06. The lowest BCUT2D eigenvalue weighted by Crippen LogP contribution is -2.12. The van der Waals surface area contributed by atoms with Gasteiger partial charge in [-0.25, -0.2) is 0 Å². The summed E-state index contributed by atoms with van der Waals surface area (Å²) in [5.41, 5.74) is 5.24. The van der Waals surface area contributed by atoms with Gasteiger partial charge in [0.05, 0.1) is 34.5 Å². The summed E-state index contributed by atoms with van der Waals surface area (Å²) in [7, 11) is 0. The fourth-order valence-corrected chi connectivity index (χ4v) is 3.13. The van der Waals surface area contributed by atoms with Crippen LogP contribution in [0.1, 0.15) is 57.3 Å². The number of hydrogen-bond acceptors (Lipinski definition) is 2. The molecule has 0 bridgehead atoms. The molecule has 3 rings (SSSR count). The van der Waals surface area contributed by atoms with Crippen molar-refractivity contribution >= 4 is 17.1 Å². The molecule has 3 heteroatoms. The van der Waals surface area contributed by atoms with Gasteiger partial charge in [-0.2, -0.15) is 0 Å². The fourth-order valence-electron chi connectivity index (χ4n) is 3.13. The van der Waals surface area contributed by atoms with Gasteiger partial charge in [0.2, 0.25) is 0 Å². The van der Waals surface area contributed by atoms with Crippen LogP contribution in [0.3, 0.4) is 0 Å². The van der Waals surface area contributed by atoms with Gasteiger partial charge >= 0.3 is 0 Å². The van der Waals surface area contributed by atoms with Gasteiger partial charge in [0.15, 0.2) is 0 Å². The molecule has 23 heavy (non-hydrogen) atoms. The molecule has 120 valence electrons. The van der Waals surface area contributed by atoms with E-state index < -0.39 is 0 Å². The minimum Gasteiger partial charge on any atom is -0.353 e. The van der Waals surface area contributed by atoms with Crippen LogP contribution in [0, 0.1) is 0 Å². The van der Waals surface area contributed by atoms with Crippen molar-refractivity contribution in [1.29, 1.82) is 0 Å². The number of hydrogen-bond donors (Lipinski definition) is 1. The highest BCUT2D eigenvalue weighted by molar-refractivity contribution is 6.02. The predicted octanol–water partition coefficient (Wildman–Crippen LogP) is 5.30. The van der Waals surface area contributed by atoms with Gasteiger partial charge in [0.1, 0.15) is 0 Å². The summed E-state index contributed by atoms with van der Waals surface area (Å²) in [6.07, 6.45) is 6.48. The Bertz CT molecular complexity index is 689. The number of aromatic nitrogens is 1. The van der Waals surface area contributed by atoms with Gasteiger partial charge in [0, 0.05) is 0 Å². The number of aromatic amines is 1. The number of nitrogens with zero attached hydrogens (tertiary/aromatic N) is 2. The normalized spacial score (nSPS) is 17.5. The van der Waals surface area contributed by atoms with E-state index in [0.717, 1.165) is 28.5 Å². The molecule has 3 nitrogen and oxygen atoms in total. The zero-order chi connectivity index (χ0) is 16.1. The summed E-state index contributed by atoms with van der Waals surface area (Å²) in [4.78, 5) is 13.0. The lowest BCUT2D eigenvalue weighted by molar-refractivity contribution is 0.443. The first-order valence-electron chi connectivity index (χ1n) is 8.57. The minimum absolute atomic E-state index is 0.509. The summed E-state index contributed by atoms with van der Waals surface area (Å²) in [5.74, 6) is 0. The van der Waals surface area contributed by atoms with Crippen molar-refractivity contribution in [2.45, 2.75) is 52.0 Å². The number of H-pyrrole nitrogens is 1. The molecule has 1 heterocycles. The monoisotopic (exact) mass is 307 g/mol. The first-order chi connectivity index (χ1) is 11.2. The number of nitrogens with one attached hydrogen (secondary N) is 1. The average molecular weight is 307 g/mol. The van der Waals surface area contributed by atoms with Crippen molar-refractivity contribution in [3.8, 4) is 0 Å². The predicted molar refractivity (Wildman–Crippen MR) is 98.2 cm³/mol. The van der Waals surface area contributed by atoms with Crippen LogP contribution in [0.4, 0.5) is 5.69 Å². The maximum atomic E-state index is 4.91. The average Bonchev–Trinajstić information content (AvgIpc) is 3.07. The molecule has 0 saturated heterocycles. The van der Waals surface area contributed by atoms with E-state index in [-0.39, 0.29) is 0 Å². The smallest absolute Gasteiger partial charge is 0.0633 e. The van der Waals surface area contributed by atoms with Crippen LogP contribution in [0.2, 0.25) is 0 Å². The molecule has 0 unspecified atom stereocenters. The Labute approximate surface area is 138 Å². The Balaban J connectivity index is 1.74. The third-order valence-electron chi connectivity index (χ3n) is 4.47. The molecule has 0 spiro atoms. The lowest BCUT2D eigenvalue weighted by atomic mass is 9.96. The van der Waals surface area contributed by atoms with Crippen LogP contribution >= 0.6 is 0 Å². The molecule has 1 saturated carbocycles. The molecule has 1 fully saturated rings. The summed E-state index contributed by atoms with van der Waals surface area (Å²) in [6.45, 7) is 4.14. The van der Waals surface area contributed by atoms with Gasteiger partial charge in [-0.05, 0) is 51.0 Å². The Hall–Kier alpha value is -2.16. The zero-order valence-electron chi connectivity index (χ0n) is 14.0. The largest absolute Gasteiger partial charge is 0.353 e. The fraction of sp³-hybridized carbons (Fsp3) is 0.400. The van der Waals surface area contributed by atoms with Crippen LogP contribution in [0.5, 0.6) is 0 Å². The van der Waals surface area contributed by atoms with Crippen molar-refractivity contribution in [3.63, 3.8) is 0 Å². The SMILES string of the molecule is CC(=Nc1ccccc1)c1ccc(C(C)=NC2CCCCC2)[nH]1. The second-order valence-electron chi connectivity index (χ2n) is 6.32. The number of benzene rings is 1. The van der Waals surface area contributed by atoms with Crippen molar-refractivity contribution < 1.29 is 0 Å². The molecule has 2 aromatic rings. The highest BCUT2D eigenvalue weighted by atomic mass is 14.9. The van der Waals surface area contributed by atoms with Gasteiger partial charge in [-0.15, -0.1) is 0 Å². The minimum atomic E-state index is 0.509. The zero-order valence-corrected chi connectivity index (χ0v) is 14.0. The first kappa shape index (κ1) is 15.7. The Morgan fingerprint density at radius 1 is 0.870 bits per heavy atom. The van der Waals surface area contributed by atoms with E-state index in [2.05, 4.69) is 29.0 Å². The van der Waals surface area contributed by atoms with E-state index in [1.807, 2.05) is 37.3 Å². The highest BCUT2D eigenvalue weighted by Gasteiger charge is 2.13. The van der Waals surface area contributed by atoms with Crippen LogP contribution in [0.15, 0.2) is 52.4 Å². The second-order valence-corrected chi connectivity index (χ2v) is 6.32. The van der Waals surface area contributed by atoms with Gasteiger partial charge in [0.25, 0.3) is 0 Å². The summed E-state index contributed by atoms with van der Waals surface area (Å²) in [6, 6.07) is 14.8. The van der Waals surface area contributed by atoms with Crippen molar-refractivity contribution in [3.05, 3.63) is 53.9 Å². The van der Waals surface area contributed by atoms with E-state index >= 15 is 0 Å². The summed E-state index contributed by atoms with van der Waals surface area (Å²) in [5, 5.41) is 0. The number of rotatable bonds is 4. The molecule has 0 aliphatic heterocycles. The summed E-state index contributed by atoms with van der Waals surface area (Å²) >= 11 is 0. The van der Waals surface area contributed by atoms with Crippen molar-refractivity contribution in [1.82, 2.24) is 4.98 Å². The Morgan fingerprint density at radius 3 is 2.22 bits per heavy atom. The molecule has 1 aromatic carbocycles. The second kappa shape index (κ2) is 7.40. The van der Waals surface area contributed by atoms with Crippen LogP contribution in [0.25, 0.3) is 0 Å². The molecule has 0 atom stereocenters. The standard InChI is InChI=1S/C20H25N3/c1-15(21-17-9-5-3-6-10-17)19-13-14-20(23-19)16(2)22-18-11-7-4-8-12-18/h3,5-6,9-10,13-14,18,23H,4,7-8,11-12H2,1-2H3. The number of para-hydroxylation sites is 1. The molecule has 0 amide bonds. The maximum Gasteiger partial charge on any atom is 0.0633 e. The Morgan fingerprint density at radius 2 is 1.52 bits per heavy atom. The molecule has 1 N–H and O–H groups in total. The van der Waals surface area contributed by atoms with Gasteiger partial charge in [-0.3, -0.25) is 9.98 Å². The van der Waals surface area contributed by atoms with Crippen molar-refractivity contribution in [2.75, 3.05) is 0 Å². The third kappa shape index (κ3) is 4.19. The van der Waals surface area contributed by atoms with Crippen molar-refractivity contribution in [2.24, 2.45) is 9.98 Å². The van der Waals surface area contributed by atoms with Crippen LogP contribution in [-0.4, -0.2) is 22.4 Å². The van der Waals surface area contributed by atoms with Crippen LogP contribution in [-0.2, 0) is 0 Å². The number of aliphatic imine (C=N–C) groups is 2.